The highest BCUT2D eigenvalue weighted by Gasteiger charge is 2.18. The maximum Gasteiger partial charge on any atom is 0.176 e. The first-order valence-corrected chi connectivity index (χ1v) is 9.44. The highest BCUT2D eigenvalue weighted by molar-refractivity contribution is 6.30. The van der Waals surface area contributed by atoms with Gasteiger partial charge in [-0.25, -0.2) is 4.39 Å². The molecule has 0 bridgehead atoms. The number of methoxy groups -OCH3 is 1. The van der Waals surface area contributed by atoms with Crippen LogP contribution < -0.4 is 10.1 Å². The number of Topliss-reactive ketones (excluding diaryl/α,β-unsaturated/α-hetero) is 1. The number of benzene rings is 2. The average Bonchev–Trinajstić information content (AvgIpc) is 2.68. The second kappa shape index (κ2) is 10.4. The number of carbonyl (C=O) groups excluding carboxylic acids is 1. The van der Waals surface area contributed by atoms with Crippen LogP contribution in [-0.4, -0.2) is 44.0 Å². The zero-order valence-electron chi connectivity index (χ0n) is 16.0. The normalized spacial score (nSPS) is 12.2. The van der Waals surface area contributed by atoms with E-state index in [1.54, 1.807) is 6.07 Å². The van der Waals surface area contributed by atoms with Crippen LogP contribution >= 0.6 is 11.6 Å². The third-order valence-corrected chi connectivity index (χ3v) is 4.86. The summed E-state index contributed by atoms with van der Waals surface area (Å²) in [5.74, 6) is -0.569. The molecule has 0 saturated heterocycles. The minimum atomic E-state index is -0.537. The fraction of sp³-hybridized carbons (Fsp3) is 0.381. The number of nitrogens with zero attached hydrogens (tertiary/aromatic N) is 1. The lowest BCUT2D eigenvalue weighted by Gasteiger charge is -2.30. The van der Waals surface area contributed by atoms with Gasteiger partial charge < -0.3 is 10.1 Å². The van der Waals surface area contributed by atoms with Crippen LogP contribution in [0.15, 0.2) is 42.5 Å². The van der Waals surface area contributed by atoms with Crippen LogP contribution in [0.2, 0.25) is 5.02 Å². The van der Waals surface area contributed by atoms with Crippen LogP contribution in [0.25, 0.3) is 0 Å². The predicted molar refractivity (Wildman–Crippen MR) is 107 cm³/mol. The zero-order chi connectivity index (χ0) is 19.8. The van der Waals surface area contributed by atoms with Crippen molar-refractivity contribution in [2.24, 2.45) is 0 Å². The van der Waals surface area contributed by atoms with Crippen molar-refractivity contribution in [3.8, 4) is 5.75 Å². The van der Waals surface area contributed by atoms with Crippen molar-refractivity contribution in [3.63, 3.8) is 0 Å². The van der Waals surface area contributed by atoms with Gasteiger partial charge in [0.15, 0.2) is 17.3 Å². The summed E-state index contributed by atoms with van der Waals surface area (Å²) in [4.78, 5) is 14.7. The van der Waals surface area contributed by atoms with Crippen LogP contribution in [0.4, 0.5) is 4.39 Å². The molecule has 2 aromatic carbocycles. The van der Waals surface area contributed by atoms with Gasteiger partial charge in [0, 0.05) is 23.2 Å². The quantitative estimate of drug-likeness (QED) is 0.610. The van der Waals surface area contributed by atoms with Gasteiger partial charge in [0.25, 0.3) is 0 Å². The van der Waals surface area contributed by atoms with E-state index in [0.29, 0.717) is 17.1 Å². The Morgan fingerprint density at radius 3 is 2.41 bits per heavy atom. The second-order valence-electron chi connectivity index (χ2n) is 6.19. The predicted octanol–water partition coefficient (Wildman–Crippen LogP) is 4.34. The minimum Gasteiger partial charge on any atom is -0.494 e. The Labute approximate surface area is 165 Å². The van der Waals surface area contributed by atoms with E-state index in [9.17, 15) is 9.18 Å². The van der Waals surface area contributed by atoms with Crippen LogP contribution in [0.5, 0.6) is 5.75 Å². The van der Waals surface area contributed by atoms with Crippen molar-refractivity contribution >= 4 is 17.4 Å². The third kappa shape index (κ3) is 5.76. The Morgan fingerprint density at radius 1 is 1.19 bits per heavy atom. The van der Waals surface area contributed by atoms with E-state index >= 15 is 0 Å². The summed E-state index contributed by atoms with van der Waals surface area (Å²) in [6, 6.07) is 12.1. The van der Waals surface area contributed by atoms with Gasteiger partial charge in [-0.2, -0.15) is 0 Å². The molecule has 1 unspecified atom stereocenters. The standard InChI is InChI=1S/C21H26ClFN2O2/c1-4-25(5-2)19(15-6-9-17(22)10-7-15)13-24-14-20(26)16-8-11-21(27-3)18(23)12-16/h6-12,19,24H,4-5,13-14H2,1-3H3. The van der Waals surface area contributed by atoms with E-state index in [4.69, 9.17) is 16.3 Å². The fourth-order valence-electron chi connectivity index (χ4n) is 3.07. The number of halogens is 2. The number of hydrogen-bond donors (Lipinski definition) is 1. The molecular formula is C21H26ClFN2O2. The minimum absolute atomic E-state index is 0.123. The van der Waals surface area contributed by atoms with Crippen LogP contribution in [0.3, 0.4) is 0 Å². The Balaban J connectivity index is 2.03. The van der Waals surface area contributed by atoms with E-state index in [1.807, 2.05) is 24.3 Å². The van der Waals surface area contributed by atoms with Crippen molar-refractivity contribution in [3.05, 3.63) is 64.4 Å². The molecule has 27 heavy (non-hydrogen) atoms. The second-order valence-corrected chi connectivity index (χ2v) is 6.63. The molecule has 2 aromatic rings. The first-order valence-electron chi connectivity index (χ1n) is 9.07. The lowest BCUT2D eigenvalue weighted by Crippen LogP contribution is -2.37. The van der Waals surface area contributed by atoms with Crippen LogP contribution in [-0.2, 0) is 0 Å². The molecule has 0 aromatic heterocycles. The smallest absolute Gasteiger partial charge is 0.176 e. The van der Waals surface area contributed by atoms with Crippen molar-refractivity contribution < 1.29 is 13.9 Å². The number of ketones is 1. The molecule has 0 aliphatic rings. The van der Waals surface area contributed by atoms with Crippen molar-refractivity contribution in [1.29, 1.82) is 0 Å². The molecule has 0 fully saturated rings. The van der Waals surface area contributed by atoms with Gasteiger partial charge in [-0.1, -0.05) is 37.6 Å². The molecule has 0 aliphatic heterocycles. The highest BCUT2D eigenvalue weighted by atomic mass is 35.5. The molecule has 6 heteroatoms. The van der Waals surface area contributed by atoms with E-state index in [0.717, 1.165) is 18.7 Å². The molecule has 0 radical (unpaired) electrons. The van der Waals surface area contributed by atoms with Crippen molar-refractivity contribution in [2.75, 3.05) is 33.3 Å². The lowest BCUT2D eigenvalue weighted by atomic mass is 10.0. The Morgan fingerprint density at radius 2 is 1.85 bits per heavy atom. The molecule has 0 heterocycles. The summed E-state index contributed by atoms with van der Waals surface area (Å²) >= 11 is 6.00. The summed E-state index contributed by atoms with van der Waals surface area (Å²) < 4.78 is 18.7. The van der Waals surface area contributed by atoms with Crippen LogP contribution in [0, 0.1) is 5.82 Å². The Hall–Kier alpha value is -1.95. The van der Waals surface area contributed by atoms with Gasteiger partial charge in [0.1, 0.15) is 0 Å². The van der Waals surface area contributed by atoms with Gasteiger partial charge in [-0.05, 0) is 49.0 Å². The maximum absolute atomic E-state index is 13.8. The molecule has 1 N–H and O–H groups in total. The Kier molecular flexibility index (Phi) is 8.23. The molecule has 2 rings (SSSR count). The summed E-state index contributed by atoms with van der Waals surface area (Å²) in [5, 5.41) is 3.91. The summed E-state index contributed by atoms with van der Waals surface area (Å²) in [6.45, 7) is 6.74. The lowest BCUT2D eigenvalue weighted by molar-refractivity contribution is 0.0986. The summed E-state index contributed by atoms with van der Waals surface area (Å²) in [5.41, 5.74) is 1.46. The van der Waals surface area contributed by atoms with E-state index in [1.165, 1.54) is 19.2 Å². The summed E-state index contributed by atoms with van der Waals surface area (Å²) in [7, 11) is 1.39. The molecule has 0 spiro atoms. The molecule has 1 atom stereocenters. The van der Waals surface area contributed by atoms with Gasteiger partial charge in [0.2, 0.25) is 0 Å². The van der Waals surface area contributed by atoms with E-state index < -0.39 is 5.82 Å². The SMILES string of the molecule is CCN(CC)C(CNCC(=O)c1ccc(OC)c(F)c1)c1ccc(Cl)cc1. The van der Waals surface area contributed by atoms with Crippen molar-refractivity contribution in [1.82, 2.24) is 10.2 Å². The maximum atomic E-state index is 13.8. The molecule has 0 aliphatic carbocycles. The number of likely N-dealkylation sites (N-methyl/N-ethyl adjacent to an activating group) is 1. The monoisotopic (exact) mass is 392 g/mol. The zero-order valence-corrected chi connectivity index (χ0v) is 16.7. The van der Waals surface area contributed by atoms with Crippen LogP contribution in [0.1, 0.15) is 35.8 Å². The highest BCUT2D eigenvalue weighted by Crippen LogP contribution is 2.22. The summed E-state index contributed by atoms with van der Waals surface area (Å²) in [6.07, 6.45) is 0. The number of ether oxygens (including phenoxy) is 1. The largest absolute Gasteiger partial charge is 0.494 e. The van der Waals surface area contributed by atoms with E-state index in [-0.39, 0.29) is 24.1 Å². The van der Waals surface area contributed by atoms with Gasteiger partial charge >= 0.3 is 0 Å². The average molecular weight is 393 g/mol. The molecule has 4 nitrogen and oxygen atoms in total. The Bertz CT molecular complexity index is 748. The number of hydrogen-bond acceptors (Lipinski definition) is 4. The molecule has 0 amide bonds. The third-order valence-electron chi connectivity index (χ3n) is 4.60. The first kappa shape index (κ1) is 21.4. The number of rotatable bonds is 10. The van der Waals surface area contributed by atoms with Gasteiger partial charge in [-0.15, -0.1) is 0 Å². The number of nitrogens with one attached hydrogen (secondary N) is 1. The van der Waals surface area contributed by atoms with Gasteiger partial charge in [0.05, 0.1) is 13.7 Å². The topological polar surface area (TPSA) is 41.6 Å². The van der Waals surface area contributed by atoms with E-state index in [2.05, 4.69) is 24.1 Å². The van der Waals surface area contributed by atoms with Gasteiger partial charge in [-0.3, -0.25) is 9.69 Å². The fourth-order valence-corrected chi connectivity index (χ4v) is 3.20. The number of carbonyl (C=O) groups is 1. The molecule has 0 saturated carbocycles. The molecule has 146 valence electrons. The first-order chi connectivity index (χ1) is 13.0. The molecular weight excluding hydrogens is 367 g/mol. The van der Waals surface area contributed by atoms with Crippen molar-refractivity contribution in [2.45, 2.75) is 19.9 Å².